The Balaban J connectivity index is 2.36. The Morgan fingerprint density at radius 3 is 1.95 bits per heavy atom. The minimum Gasteiger partial charge on any atom is -0.372 e. The molecule has 1 amide bonds. The highest BCUT2D eigenvalue weighted by Gasteiger charge is 2.28. The molecule has 0 aliphatic carbocycles. The van der Waals surface area contributed by atoms with Crippen molar-refractivity contribution in [1.29, 1.82) is 0 Å². The van der Waals surface area contributed by atoms with Crippen LogP contribution in [0.5, 0.6) is 0 Å². The third-order valence-corrected chi connectivity index (χ3v) is 3.28. The van der Waals surface area contributed by atoms with Gasteiger partial charge in [0.15, 0.2) is 0 Å². The number of nitro benzene ring substituents is 2. The number of morpholine rings is 1. The highest BCUT2D eigenvalue weighted by Crippen LogP contribution is 2.24. The smallest absolute Gasteiger partial charge is 0.277 e. The fourth-order valence-electron chi connectivity index (χ4n) is 2.46. The standard InChI is InChI=1S/C13H15N3O6/c1-8-6-14(7-9(2)22-8)13(17)10-3-11(15(18)19)5-12(4-10)16(20)21/h3-5,8-9H,6-7H2,1-2H3/t8-,9-/m0/s1. The molecule has 1 aliphatic rings. The van der Waals surface area contributed by atoms with Crippen LogP contribution in [0.2, 0.25) is 0 Å². The van der Waals surface area contributed by atoms with Gasteiger partial charge in [-0.25, -0.2) is 0 Å². The number of carbonyl (C=O) groups is 1. The Kier molecular flexibility index (Phi) is 4.36. The van der Waals surface area contributed by atoms with Gasteiger partial charge in [-0.3, -0.25) is 25.0 Å². The number of carbonyl (C=O) groups excluding carboxylic acids is 1. The number of rotatable bonds is 3. The molecule has 0 unspecified atom stereocenters. The van der Waals surface area contributed by atoms with Crippen molar-refractivity contribution in [2.24, 2.45) is 0 Å². The summed E-state index contributed by atoms with van der Waals surface area (Å²) >= 11 is 0. The van der Waals surface area contributed by atoms with Gasteiger partial charge in [0.2, 0.25) is 0 Å². The highest BCUT2D eigenvalue weighted by atomic mass is 16.6. The molecule has 118 valence electrons. The molecule has 1 heterocycles. The average Bonchev–Trinajstić information content (AvgIpc) is 2.44. The number of ether oxygens (including phenoxy) is 1. The third kappa shape index (κ3) is 3.37. The Morgan fingerprint density at radius 2 is 1.55 bits per heavy atom. The van der Waals surface area contributed by atoms with Gasteiger partial charge in [0.05, 0.1) is 33.7 Å². The average molecular weight is 309 g/mol. The maximum atomic E-state index is 12.5. The zero-order valence-electron chi connectivity index (χ0n) is 12.1. The minimum absolute atomic E-state index is 0.0674. The van der Waals surface area contributed by atoms with E-state index in [0.717, 1.165) is 18.2 Å². The second-order valence-corrected chi connectivity index (χ2v) is 5.22. The van der Waals surface area contributed by atoms with Crippen LogP contribution in [0.25, 0.3) is 0 Å². The summed E-state index contributed by atoms with van der Waals surface area (Å²) in [4.78, 5) is 34.2. The lowest BCUT2D eigenvalue weighted by molar-refractivity contribution is -0.394. The maximum Gasteiger partial charge on any atom is 0.277 e. The van der Waals surface area contributed by atoms with E-state index in [1.54, 1.807) is 0 Å². The summed E-state index contributed by atoms with van der Waals surface area (Å²) in [6.07, 6.45) is -0.331. The molecule has 9 heteroatoms. The molecule has 1 fully saturated rings. The number of amides is 1. The molecule has 2 rings (SSSR count). The molecule has 0 radical (unpaired) electrons. The van der Waals surface area contributed by atoms with E-state index in [-0.39, 0.29) is 17.8 Å². The van der Waals surface area contributed by atoms with Crippen LogP contribution in [-0.2, 0) is 4.74 Å². The number of non-ortho nitro benzene ring substituents is 2. The van der Waals surface area contributed by atoms with Crippen LogP contribution in [0, 0.1) is 20.2 Å². The zero-order valence-corrected chi connectivity index (χ0v) is 12.1. The fraction of sp³-hybridized carbons (Fsp3) is 0.462. The minimum atomic E-state index is -0.756. The summed E-state index contributed by atoms with van der Waals surface area (Å²) < 4.78 is 5.52. The van der Waals surface area contributed by atoms with E-state index < -0.39 is 27.1 Å². The molecule has 1 aromatic rings. The summed E-state index contributed by atoms with van der Waals surface area (Å²) in [7, 11) is 0. The largest absolute Gasteiger partial charge is 0.372 e. The summed E-state index contributed by atoms with van der Waals surface area (Å²) in [5, 5.41) is 21.7. The van der Waals surface area contributed by atoms with Crippen LogP contribution in [0.15, 0.2) is 18.2 Å². The molecule has 0 aromatic heterocycles. The molecule has 0 N–H and O–H groups in total. The quantitative estimate of drug-likeness (QED) is 0.620. The second kappa shape index (κ2) is 6.06. The van der Waals surface area contributed by atoms with Gasteiger partial charge in [-0.15, -0.1) is 0 Å². The van der Waals surface area contributed by atoms with Crippen LogP contribution >= 0.6 is 0 Å². The van der Waals surface area contributed by atoms with Gasteiger partial charge in [-0.05, 0) is 13.8 Å². The number of nitro groups is 2. The topological polar surface area (TPSA) is 116 Å². The SMILES string of the molecule is C[C@H]1CN(C(=O)c2cc([N+](=O)[O-])cc([N+](=O)[O-])c2)C[C@H](C)O1. The summed E-state index contributed by atoms with van der Waals surface area (Å²) in [6, 6.07) is 2.95. The fourth-order valence-corrected chi connectivity index (χ4v) is 2.46. The summed E-state index contributed by atoms with van der Waals surface area (Å²) in [5.41, 5.74) is -1.03. The van der Waals surface area contributed by atoms with Crippen molar-refractivity contribution in [2.45, 2.75) is 26.1 Å². The van der Waals surface area contributed by atoms with E-state index in [2.05, 4.69) is 0 Å². The van der Waals surface area contributed by atoms with Gasteiger partial charge in [0.25, 0.3) is 17.3 Å². The van der Waals surface area contributed by atoms with Gasteiger partial charge in [0, 0.05) is 25.2 Å². The lowest BCUT2D eigenvalue weighted by Crippen LogP contribution is -2.48. The van der Waals surface area contributed by atoms with Crippen molar-refractivity contribution >= 4 is 17.3 Å². The van der Waals surface area contributed by atoms with Crippen LogP contribution in [0.4, 0.5) is 11.4 Å². The molecule has 2 atom stereocenters. The van der Waals surface area contributed by atoms with Crippen molar-refractivity contribution in [3.63, 3.8) is 0 Å². The Hall–Kier alpha value is -2.55. The first-order valence-corrected chi connectivity index (χ1v) is 6.66. The van der Waals surface area contributed by atoms with Crippen molar-refractivity contribution in [3.8, 4) is 0 Å². The maximum absolute atomic E-state index is 12.5. The molecule has 0 bridgehead atoms. The summed E-state index contributed by atoms with van der Waals surface area (Å²) in [5.74, 6) is -0.478. The van der Waals surface area contributed by atoms with Crippen LogP contribution in [-0.4, -0.2) is 46.0 Å². The highest BCUT2D eigenvalue weighted by molar-refractivity contribution is 5.95. The van der Waals surface area contributed by atoms with Crippen LogP contribution in [0.3, 0.4) is 0 Å². The molecule has 1 aliphatic heterocycles. The van der Waals surface area contributed by atoms with Crippen LogP contribution < -0.4 is 0 Å². The third-order valence-electron chi connectivity index (χ3n) is 3.28. The molecular formula is C13H15N3O6. The molecule has 1 aromatic carbocycles. The van der Waals surface area contributed by atoms with Crippen molar-refractivity contribution in [2.75, 3.05) is 13.1 Å². The van der Waals surface area contributed by atoms with Gasteiger partial charge in [0.1, 0.15) is 0 Å². The molecule has 9 nitrogen and oxygen atoms in total. The molecule has 0 spiro atoms. The van der Waals surface area contributed by atoms with Gasteiger partial charge < -0.3 is 9.64 Å². The Bertz CT molecular complexity index is 590. The number of hydrogen-bond acceptors (Lipinski definition) is 6. The van der Waals surface area contributed by atoms with E-state index in [4.69, 9.17) is 4.74 Å². The van der Waals surface area contributed by atoms with E-state index in [1.165, 1.54) is 4.90 Å². The Labute approximate surface area is 125 Å². The normalized spacial score (nSPS) is 21.5. The second-order valence-electron chi connectivity index (χ2n) is 5.22. The first-order chi connectivity index (χ1) is 10.3. The van der Waals surface area contributed by atoms with Gasteiger partial charge >= 0.3 is 0 Å². The zero-order chi connectivity index (χ0) is 16.4. The lowest BCUT2D eigenvalue weighted by Gasteiger charge is -2.35. The predicted octanol–water partition coefficient (Wildman–Crippen LogP) is 1.75. The molecule has 0 saturated carbocycles. The van der Waals surface area contributed by atoms with Gasteiger partial charge in [-0.1, -0.05) is 0 Å². The number of benzene rings is 1. The lowest BCUT2D eigenvalue weighted by atomic mass is 10.1. The number of nitrogens with zero attached hydrogens (tertiary/aromatic N) is 3. The monoisotopic (exact) mass is 309 g/mol. The summed E-state index contributed by atoms with van der Waals surface area (Å²) in [6.45, 7) is 4.29. The first-order valence-electron chi connectivity index (χ1n) is 6.66. The van der Waals surface area contributed by atoms with E-state index >= 15 is 0 Å². The Morgan fingerprint density at radius 1 is 1.09 bits per heavy atom. The van der Waals surface area contributed by atoms with E-state index in [0.29, 0.717) is 13.1 Å². The van der Waals surface area contributed by atoms with E-state index in [1.807, 2.05) is 13.8 Å². The number of hydrogen-bond donors (Lipinski definition) is 0. The van der Waals surface area contributed by atoms with Crippen molar-refractivity contribution in [1.82, 2.24) is 4.90 Å². The van der Waals surface area contributed by atoms with E-state index in [9.17, 15) is 25.0 Å². The molecule has 22 heavy (non-hydrogen) atoms. The van der Waals surface area contributed by atoms with Crippen molar-refractivity contribution < 1.29 is 19.4 Å². The van der Waals surface area contributed by atoms with Crippen LogP contribution in [0.1, 0.15) is 24.2 Å². The molecule has 1 saturated heterocycles. The van der Waals surface area contributed by atoms with Crippen molar-refractivity contribution in [3.05, 3.63) is 44.0 Å². The first kappa shape index (κ1) is 15.8. The molecular weight excluding hydrogens is 294 g/mol. The van der Waals surface area contributed by atoms with Gasteiger partial charge in [-0.2, -0.15) is 0 Å². The predicted molar refractivity (Wildman–Crippen MR) is 75.7 cm³/mol.